The number of sulfonamides is 1. The maximum atomic E-state index is 11.8. The van der Waals surface area contributed by atoms with E-state index < -0.39 is 22.0 Å². The zero-order chi connectivity index (χ0) is 26.6. The van der Waals surface area contributed by atoms with Gasteiger partial charge in [0.25, 0.3) is 10.0 Å². The van der Waals surface area contributed by atoms with Crippen LogP contribution in [0.4, 0.5) is 0 Å². The van der Waals surface area contributed by atoms with Gasteiger partial charge in [-0.2, -0.15) is 0 Å². The summed E-state index contributed by atoms with van der Waals surface area (Å²) in [4.78, 5) is 15.9. The lowest BCUT2D eigenvalue weighted by molar-refractivity contribution is -0.139. The molecule has 196 valence electrons. The van der Waals surface area contributed by atoms with Crippen molar-refractivity contribution in [1.29, 1.82) is 0 Å². The normalized spacial score (nSPS) is 13.6. The van der Waals surface area contributed by atoms with E-state index in [1.54, 1.807) is 29.1 Å². The summed E-state index contributed by atoms with van der Waals surface area (Å²) in [6.45, 7) is 4.63. The quantitative estimate of drug-likeness (QED) is 0.243. The molecule has 1 unspecified atom stereocenters. The highest BCUT2D eigenvalue weighted by Crippen LogP contribution is 2.28. The van der Waals surface area contributed by atoms with Gasteiger partial charge in [0.2, 0.25) is 4.34 Å². The number of nitrogens with zero attached hydrogens (tertiary/aromatic N) is 4. The number of thiazole rings is 1. The van der Waals surface area contributed by atoms with Crippen LogP contribution in [0.2, 0.25) is 0 Å². The average Bonchev–Trinajstić information content (AvgIpc) is 3.49. The van der Waals surface area contributed by atoms with E-state index in [2.05, 4.69) is 20.6 Å². The summed E-state index contributed by atoms with van der Waals surface area (Å²) in [5.41, 5.74) is 2.06. The number of carbonyl (C=O) groups is 1. The van der Waals surface area contributed by atoms with Crippen LogP contribution in [0.5, 0.6) is 5.75 Å². The van der Waals surface area contributed by atoms with Crippen LogP contribution in [-0.4, -0.2) is 52.1 Å². The lowest BCUT2D eigenvalue weighted by Crippen LogP contribution is -2.42. The molecule has 0 radical (unpaired) electrons. The van der Waals surface area contributed by atoms with E-state index in [4.69, 9.17) is 9.88 Å². The second kappa shape index (κ2) is 11.3. The molecule has 0 fully saturated rings. The molecule has 13 heteroatoms. The molecular formula is C24H28N6O5S2. The molecule has 2 atom stereocenters. The third kappa shape index (κ3) is 6.89. The molecule has 2 aromatic heterocycles. The van der Waals surface area contributed by atoms with Crippen LogP contribution in [0.3, 0.4) is 0 Å². The van der Waals surface area contributed by atoms with Gasteiger partial charge in [0.15, 0.2) is 0 Å². The van der Waals surface area contributed by atoms with Gasteiger partial charge in [0.05, 0.1) is 22.5 Å². The minimum Gasteiger partial charge on any atom is -0.487 e. The third-order valence-electron chi connectivity index (χ3n) is 5.79. The van der Waals surface area contributed by atoms with Gasteiger partial charge in [-0.1, -0.05) is 49.4 Å². The first-order valence-corrected chi connectivity index (χ1v) is 13.9. The molecule has 37 heavy (non-hydrogen) atoms. The summed E-state index contributed by atoms with van der Waals surface area (Å²) >= 11 is 0.976. The molecule has 4 N–H and O–H groups in total. The van der Waals surface area contributed by atoms with Crippen molar-refractivity contribution in [2.75, 3.05) is 6.54 Å². The van der Waals surface area contributed by atoms with Crippen LogP contribution in [0.1, 0.15) is 31.1 Å². The Labute approximate surface area is 218 Å². The number of benzene rings is 2. The van der Waals surface area contributed by atoms with Crippen molar-refractivity contribution in [3.8, 4) is 5.75 Å². The number of carboxylic acids is 1. The zero-order valence-corrected chi connectivity index (χ0v) is 21.9. The number of carboxylic acid groups (broad SMARTS) is 1. The number of rotatable bonds is 12. The molecule has 0 saturated carbocycles. The van der Waals surface area contributed by atoms with Crippen molar-refractivity contribution < 1.29 is 23.1 Å². The summed E-state index contributed by atoms with van der Waals surface area (Å²) in [5, 5.41) is 26.5. The molecular weight excluding hydrogens is 516 g/mol. The standard InChI is InChI=1S/C24H28N6O5S2/c1-15(2)21(12-26-20(23(31)32)10-16-6-4-3-5-7-16)30-13-17(28-29-30)14-35-18-8-9-19-22(11-18)36-24(27-19)37(25,33)34/h3-9,11,13,15,20-21,26H,10,12,14H2,1-2H3,(H,31,32)(H2,25,33,34)/t20?,21-/m0/s1. The molecule has 0 saturated heterocycles. The van der Waals surface area contributed by atoms with E-state index in [-0.39, 0.29) is 22.9 Å². The highest BCUT2D eigenvalue weighted by molar-refractivity contribution is 7.91. The lowest BCUT2D eigenvalue weighted by Gasteiger charge is -2.24. The largest absolute Gasteiger partial charge is 0.487 e. The van der Waals surface area contributed by atoms with Crippen LogP contribution in [0.25, 0.3) is 10.2 Å². The second-order valence-corrected chi connectivity index (χ2v) is 11.7. The number of ether oxygens (including phenoxy) is 1. The summed E-state index contributed by atoms with van der Waals surface area (Å²) in [7, 11) is -3.87. The Morgan fingerprint density at radius 1 is 1.22 bits per heavy atom. The predicted octanol–water partition coefficient (Wildman–Crippen LogP) is 2.60. The number of hydrogen-bond donors (Lipinski definition) is 3. The van der Waals surface area contributed by atoms with Crippen molar-refractivity contribution >= 4 is 37.5 Å². The SMILES string of the molecule is CC(C)[C@H](CNC(Cc1ccccc1)C(=O)O)n1cc(COc2ccc3nc(S(N)(=O)=O)sc3c2)nn1. The maximum Gasteiger partial charge on any atom is 0.321 e. The van der Waals surface area contributed by atoms with E-state index in [1.807, 2.05) is 44.2 Å². The molecule has 4 aromatic rings. The summed E-state index contributed by atoms with van der Waals surface area (Å²) < 4.78 is 31.1. The molecule has 4 rings (SSSR count). The third-order valence-corrected chi connectivity index (χ3v) is 8.13. The number of primary sulfonamides is 1. The number of hydrogen-bond acceptors (Lipinski definition) is 9. The number of aliphatic carboxylic acids is 1. The number of nitrogens with one attached hydrogen (secondary N) is 1. The number of aromatic nitrogens is 4. The lowest BCUT2D eigenvalue weighted by atomic mass is 10.0. The van der Waals surface area contributed by atoms with Gasteiger partial charge < -0.3 is 15.2 Å². The average molecular weight is 545 g/mol. The molecule has 0 aliphatic heterocycles. The van der Waals surface area contributed by atoms with Crippen molar-refractivity contribution in [2.45, 2.75) is 43.3 Å². The number of fused-ring (bicyclic) bond motifs is 1. The van der Waals surface area contributed by atoms with Crippen molar-refractivity contribution in [3.05, 3.63) is 66.0 Å². The molecule has 0 aliphatic carbocycles. The first-order valence-electron chi connectivity index (χ1n) is 11.6. The first kappa shape index (κ1) is 26.7. The van der Waals surface area contributed by atoms with E-state index in [9.17, 15) is 18.3 Å². The van der Waals surface area contributed by atoms with Crippen molar-refractivity contribution in [3.63, 3.8) is 0 Å². The number of nitrogens with two attached hydrogens (primary N) is 1. The first-order chi connectivity index (χ1) is 17.6. The Morgan fingerprint density at radius 2 is 1.97 bits per heavy atom. The Bertz CT molecular complexity index is 1470. The highest BCUT2D eigenvalue weighted by atomic mass is 32.2. The fourth-order valence-electron chi connectivity index (χ4n) is 3.79. The smallest absolute Gasteiger partial charge is 0.321 e. The van der Waals surface area contributed by atoms with Gasteiger partial charge in [-0.05, 0) is 36.1 Å². The van der Waals surface area contributed by atoms with Gasteiger partial charge in [0, 0.05) is 6.54 Å². The maximum absolute atomic E-state index is 11.8. The van der Waals surface area contributed by atoms with E-state index in [0.717, 1.165) is 16.9 Å². The van der Waals surface area contributed by atoms with Crippen LogP contribution >= 0.6 is 11.3 Å². The Morgan fingerprint density at radius 3 is 2.65 bits per heavy atom. The van der Waals surface area contributed by atoms with Gasteiger partial charge in [0.1, 0.15) is 24.1 Å². The molecule has 0 spiro atoms. The fourth-order valence-corrected chi connectivity index (χ4v) is 5.47. The molecule has 0 amide bonds. The summed E-state index contributed by atoms with van der Waals surface area (Å²) in [5.74, 6) is -0.219. The van der Waals surface area contributed by atoms with Gasteiger partial charge >= 0.3 is 5.97 Å². The van der Waals surface area contributed by atoms with Crippen LogP contribution < -0.4 is 15.2 Å². The minimum absolute atomic E-state index is 0.121. The van der Waals surface area contributed by atoms with Crippen molar-refractivity contribution in [1.82, 2.24) is 25.3 Å². The predicted molar refractivity (Wildman–Crippen MR) is 139 cm³/mol. The molecule has 0 aliphatic rings. The molecule has 0 bridgehead atoms. The molecule has 2 heterocycles. The van der Waals surface area contributed by atoms with Gasteiger partial charge in [-0.15, -0.1) is 16.4 Å². The highest BCUT2D eigenvalue weighted by Gasteiger charge is 2.23. The summed E-state index contributed by atoms with van der Waals surface area (Å²) in [6.07, 6.45) is 2.16. The van der Waals surface area contributed by atoms with Crippen LogP contribution in [-0.2, 0) is 27.8 Å². The topological polar surface area (TPSA) is 162 Å². The Kier molecular flexibility index (Phi) is 8.17. The van der Waals surface area contributed by atoms with Crippen LogP contribution in [0, 0.1) is 5.92 Å². The monoisotopic (exact) mass is 544 g/mol. The Balaban J connectivity index is 1.39. The van der Waals surface area contributed by atoms with Gasteiger partial charge in [-0.3, -0.25) is 4.79 Å². The molecule has 2 aromatic carbocycles. The minimum atomic E-state index is -3.87. The van der Waals surface area contributed by atoms with Crippen LogP contribution in [0.15, 0.2) is 59.1 Å². The Hall–Kier alpha value is -3.39. The van der Waals surface area contributed by atoms with Gasteiger partial charge in [-0.25, -0.2) is 23.2 Å². The van der Waals surface area contributed by atoms with E-state index in [1.165, 1.54) is 0 Å². The second-order valence-electron chi connectivity index (χ2n) is 8.93. The van der Waals surface area contributed by atoms with E-state index >= 15 is 0 Å². The van der Waals surface area contributed by atoms with E-state index in [0.29, 0.717) is 34.6 Å². The summed E-state index contributed by atoms with van der Waals surface area (Å²) in [6, 6.07) is 13.7. The zero-order valence-electron chi connectivity index (χ0n) is 20.3. The van der Waals surface area contributed by atoms with Crippen molar-refractivity contribution in [2.24, 2.45) is 11.1 Å². The fraction of sp³-hybridized carbons (Fsp3) is 0.333. The molecule has 11 nitrogen and oxygen atoms in total.